The molecule has 0 amide bonds. The van der Waals surface area contributed by atoms with Crippen molar-refractivity contribution in [3.05, 3.63) is 59.9 Å². The van der Waals surface area contributed by atoms with Crippen molar-refractivity contribution in [1.29, 1.82) is 0 Å². The zero-order valence-electron chi connectivity index (χ0n) is 12.0. The summed E-state index contributed by atoms with van der Waals surface area (Å²) in [5, 5.41) is 0. The Hall–Kier alpha value is -2.22. The number of benzene rings is 1. The molecule has 0 aliphatic rings. The Balaban J connectivity index is 1.96. The van der Waals surface area contributed by atoms with E-state index in [1.165, 1.54) is 33.9 Å². The first-order valence-corrected chi connectivity index (χ1v) is 7.26. The van der Waals surface area contributed by atoms with Gasteiger partial charge in [0.15, 0.2) is 0 Å². The van der Waals surface area contributed by atoms with Gasteiger partial charge in [0.25, 0.3) is 0 Å². The number of aryl methyl sites for hydroxylation is 2. The van der Waals surface area contributed by atoms with Gasteiger partial charge in [0.1, 0.15) is 0 Å². The SMILES string of the molecule is CCc1ccc(-c2cccc(-c3ccc(CC)[nH]3)c2)[nH]1. The van der Waals surface area contributed by atoms with E-state index in [0.29, 0.717) is 0 Å². The zero-order valence-corrected chi connectivity index (χ0v) is 12.0. The Morgan fingerprint density at radius 2 is 1.20 bits per heavy atom. The van der Waals surface area contributed by atoms with E-state index in [1.54, 1.807) is 0 Å². The highest BCUT2D eigenvalue weighted by Crippen LogP contribution is 2.25. The topological polar surface area (TPSA) is 31.6 Å². The second-order valence-corrected chi connectivity index (χ2v) is 5.08. The number of hydrogen-bond donors (Lipinski definition) is 2. The third kappa shape index (κ3) is 2.42. The van der Waals surface area contributed by atoms with Crippen LogP contribution < -0.4 is 0 Å². The van der Waals surface area contributed by atoms with Crippen molar-refractivity contribution in [3.63, 3.8) is 0 Å². The van der Waals surface area contributed by atoms with Gasteiger partial charge in [0.2, 0.25) is 0 Å². The van der Waals surface area contributed by atoms with Gasteiger partial charge in [-0.05, 0) is 54.3 Å². The van der Waals surface area contributed by atoms with Crippen LogP contribution in [-0.2, 0) is 12.8 Å². The lowest BCUT2D eigenvalue weighted by atomic mass is 10.1. The molecule has 20 heavy (non-hydrogen) atoms. The average molecular weight is 264 g/mol. The Kier molecular flexibility index (Phi) is 3.46. The molecule has 1 aromatic carbocycles. The highest BCUT2D eigenvalue weighted by Gasteiger charge is 2.05. The molecule has 0 unspecified atom stereocenters. The molecule has 2 heterocycles. The first kappa shape index (κ1) is 12.8. The van der Waals surface area contributed by atoms with Crippen LogP contribution in [-0.4, -0.2) is 9.97 Å². The third-order valence-electron chi connectivity index (χ3n) is 3.74. The minimum atomic E-state index is 1.04. The van der Waals surface area contributed by atoms with E-state index in [1.807, 2.05) is 0 Å². The largest absolute Gasteiger partial charge is 0.358 e. The van der Waals surface area contributed by atoms with E-state index in [4.69, 9.17) is 0 Å². The average Bonchev–Trinajstić information content (AvgIpc) is 3.16. The summed E-state index contributed by atoms with van der Waals surface area (Å²) in [5.41, 5.74) is 7.39. The Morgan fingerprint density at radius 3 is 1.60 bits per heavy atom. The summed E-state index contributed by atoms with van der Waals surface area (Å²) < 4.78 is 0. The molecule has 3 aromatic rings. The third-order valence-corrected chi connectivity index (χ3v) is 3.74. The maximum absolute atomic E-state index is 3.46. The lowest BCUT2D eigenvalue weighted by molar-refractivity contribution is 1.06. The van der Waals surface area contributed by atoms with Crippen molar-refractivity contribution in [2.24, 2.45) is 0 Å². The van der Waals surface area contributed by atoms with Crippen molar-refractivity contribution >= 4 is 0 Å². The quantitative estimate of drug-likeness (QED) is 0.678. The molecule has 0 radical (unpaired) electrons. The first-order valence-electron chi connectivity index (χ1n) is 7.26. The summed E-state index contributed by atoms with van der Waals surface area (Å²) in [5.74, 6) is 0. The van der Waals surface area contributed by atoms with E-state index in [9.17, 15) is 0 Å². The molecule has 2 aromatic heterocycles. The molecule has 0 spiro atoms. The standard InChI is InChI=1S/C18H20N2/c1-3-15-8-10-17(19-15)13-6-5-7-14(12-13)18-11-9-16(4-2)20-18/h5-12,19-20H,3-4H2,1-2H3. The number of H-pyrrole nitrogens is 2. The zero-order chi connectivity index (χ0) is 13.9. The highest BCUT2D eigenvalue weighted by atomic mass is 14.7. The minimum Gasteiger partial charge on any atom is -0.358 e. The van der Waals surface area contributed by atoms with Gasteiger partial charge in [-0.15, -0.1) is 0 Å². The summed E-state index contributed by atoms with van der Waals surface area (Å²) in [7, 11) is 0. The Labute approximate surface area is 119 Å². The van der Waals surface area contributed by atoms with Crippen LogP contribution in [0.5, 0.6) is 0 Å². The van der Waals surface area contributed by atoms with Gasteiger partial charge in [0.05, 0.1) is 0 Å². The van der Waals surface area contributed by atoms with Gasteiger partial charge >= 0.3 is 0 Å². The predicted octanol–water partition coefficient (Wildman–Crippen LogP) is 4.80. The normalized spacial score (nSPS) is 10.9. The Morgan fingerprint density at radius 1 is 0.700 bits per heavy atom. The molecule has 0 aliphatic heterocycles. The van der Waals surface area contributed by atoms with Gasteiger partial charge in [0, 0.05) is 22.8 Å². The number of aromatic nitrogens is 2. The second-order valence-electron chi connectivity index (χ2n) is 5.08. The van der Waals surface area contributed by atoms with Crippen molar-refractivity contribution in [2.45, 2.75) is 26.7 Å². The predicted molar refractivity (Wildman–Crippen MR) is 84.8 cm³/mol. The molecule has 0 fully saturated rings. The first-order chi connectivity index (χ1) is 9.80. The van der Waals surface area contributed by atoms with E-state index in [0.717, 1.165) is 12.8 Å². The molecular weight excluding hydrogens is 244 g/mol. The van der Waals surface area contributed by atoms with Crippen molar-refractivity contribution in [1.82, 2.24) is 9.97 Å². The summed E-state index contributed by atoms with van der Waals surface area (Å²) in [6.45, 7) is 4.33. The van der Waals surface area contributed by atoms with Crippen LogP contribution in [0.4, 0.5) is 0 Å². The van der Waals surface area contributed by atoms with E-state index in [-0.39, 0.29) is 0 Å². The molecular formula is C18H20N2. The van der Waals surface area contributed by atoms with Crippen LogP contribution in [0.15, 0.2) is 48.5 Å². The number of nitrogens with one attached hydrogen (secondary N) is 2. The monoisotopic (exact) mass is 264 g/mol. The summed E-state index contributed by atoms with van der Waals surface area (Å²) >= 11 is 0. The van der Waals surface area contributed by atoms with E-state index in [2.05, 4.69) is 72.3 Å². The van der Waals surface area contributed by atoms with Gasteiger partial charge in [-0.3, -0.25) is 0 Å². The molecule has 2 N–H and O–H groups in total. The molecule has 0 saturated heterocycles. The molecule has 0 aliphatic carbocycles. The number of hydrogen-bond acceptors (Lipinski definition) is 0. The maximum atomic E-state index is 3.46. The summed E-state index contributed by atoms with van der Waals surface area (Å²) in [6, 6.07) is 17.3. The molecule has 2 nitrogen and oxygen atoms in total. The molecule has 0 atom stereocenters. The summed E-state index contributed by atoms with van der Waals surface area (Å²) in [6.07, 6.45) is 2.08. The van der Waals surface area contributed by atoms with Crippen molar-refractivity contribution < 1.29 is 0 Å². The minimum absolute atomic E-state index is 1.04. The summed E-state index contributed by atoms with van der Waals surface area (Å²) in [4.78, 5) is 6.93. The highest BCUT2D eigenvalue weighted by molar-refractivity contribution is 5.70. The van der Waals surface area contributed by atoms with Crippen LogP contribution in [0.25, 0.3) is 22.5 Å². The fourth-order valence-corrected chi connectivity index (χ4v) is 2.48. The van der Waals surface area contributed by atoms with Crippen molar-refractivity contribution in [2.75, 3.05) is 0 Å². The molecule has 0 saturated carbocycles. The molecule has 3 rings (SSSR count). The maximum Gasteiger partial charge on any atom is 0.0456 e. The number of rotatable bonds is 4. The van der Waals surface area contributed by atoms with Crippen LogP contribution in [0, 0.1) is 0 Å². The fraction of sp³-hybridized carbons (Fsp3) is 0.222. The lowest BCUT2D eigenvalue weighted by Gasteiger charge is -2.03. The molecule has 102 valence electrons. The van der Waals surface area contributed by atoms with E-state index >= 15 is 0 Å². The van der Waals surface area contributed by atoms with Gasteiger partial charge in [-0.1, -0.05) is 32.0 Å². The van der Waals surface area contributed by atoms with Crippen LogP contribution in [0.3, 0.4) is 0 Å². The molecule has 2 heteroatoms. The van der Waals surface area contributed by atoms with Gasteiger partial charge < -0.3 is 9.97 Å². The lowest BCUT2D eigenvalue weighted by Crippen LogP contribution is -1.84. The van der Waals surface area contributed by atoms with E-state index < -0.39 is 0 Å². The van der Waals surface area contributed by atoms with Crippen molar-refractivity contribution in [3.8, 4) is 22.5 Å². The molecule has 0 bridgehead atoms. The van der Waals surface area contributed by atoms with Crippen LogP contribution >= 0.6 is 0 Å². The Bertz CT molecular complexity index is 646. The fourth-order valence-electron chi connectivity index (χ4n) is 2.48. The van der Waals surface area contributed by atoms with Gasteiger partial charge in [-0.25, -0.2) is 0 Å². The van der Waals surface area contributed by atoms with Crippen LogP contribution in [0.1, 0.15) is 25.2 Å². The van der Waals surface area contributed by atoms with Crippen LogP contribution in [0.2, 0.25) is 0 Å². The number of aromatic amines is 2. The smallest absolute Gasteiger partial charge is 0.0456 e. The van der Waals surface area contributed by atoms with Gasteiger partial charge in [-0.2, -0.15) is 0 Å². The second kappa shape index (κ2) is 5.41.